The molecule has 1 amide bonds. The minimum absolute atomic E-state index is 0.000750. The molecular weight excluding hydrogens is 608 g/mol. The van der Waals surface area contributed by atoms with Gasteiger partial charge in [0.2, 0.25) is 5.88 Å². The van der Waals surface area contributed by atoms with Crippen LogP contribution in [0.3, 0.4) is 0 Å². The van der Waals surface area contributed by atoms with Crippen LogP contribution >= 0.6 is 22.9 Å². The van der Waals surface area contributed by atoms with Crippen LogP contribution in [0.2, 0.25) is 5.02 Å². The van der Waals surface area contributed by atoms with Crippen LogP contribution in [0.15, 0.2) is 49.1 Å². The summed E-state index contributed by atoms with van der Waals surface area (Å²) in [7, 11) is 1.55. The molecule has 0 spiro atoms. The highest BCUT2D eigenvalue weighted by Gasteiger charge is 2.30. The summed E-state index contributed by atoms with van der Waals surface area (Å²) in [5.74, 6) is 2.45. The third-order valence-electron chi connectivity index (χ3n) is 6.96. The Labute approximate surface area is 258 Å². The first-order valence-electron chi connectivity index (χ1n) is 13.4. The molecular formula is C29H23ClN8O5S. The summed E-state index contributed by atoms with van der Waals surface area (Å²) in [6.45, 7) is 3.86. The van der Waals surface area contributed by atoms with E-state index in [0.717, 1.165) is 20.7 Å². The molecule has 0 saturated carbocycles. The molecule has 5 heterocycles. The Bertz CT molecular complexity index is 2070. The average Bonchev–Trinajstić information content (AvgIpc) is 3.66. The maximum Gasteiger partial charge on any atom is 0.411 e. The van der Waals surface area contributed by atoms with E-state index in [0.29, 0.717) is 61.3 Å². The lowest BCUT2D eigenvalue weighted by atomic mass is 10.1. The summed E-state index contributed by atoms with van der Waals surface area (Å²) in [4.78, 5) is 35.8. The second kappa shape index (κ2) is 10.9. The van der Waals surface area contributed by atoms with Gasteiger partial charge >= 0.3 is 6.09 Å². The minimum Gasteiger partial charge on any atom is -0.484 e. The first kappa shape index (κ1) is 27.7. The normalized spacial score (nSPS) is 14.2. The summed E-state index contributed by atoms with van der Waals surface area (Å²) >= 11 is 8.10. The number of halogens is 1. The number of fused-ring (bicyclic) bond motifs is 4. The zero-order valence-electron chi connectivity index (χ0n) is 23.6. The molecule has 15 heteroatoms. The zero-order valence-corrected chi connectivity index (χ0v) is 25.1. The van der Waals surface area contributed by atoms with Crippen molar-refractivity contribution in [3.8, 4) is 33.8 Å². The fourth-order valence-corrected chi connectivity index (χ4v) is 6.34. The summed E-state index contributed by atoms with van der Waals surface area (Å²) in [5, 5.41) is 15.3. The van der Waals surface area contributed by atoms with Gasteiger partial charge in [0, 0.05) is 11.6 Å². The second-order valence-corrected chi connectivity index (χ2v) is 11.4. The van der Waals surface area contributed by atoms with Gasteiger partial charge in [0.1, 0.15) is 34.0 Å². The lowest BCUT2D eigenvalue weighted by Gasteiger charge is -2.30. The van der Waals surface area contributed by atoms with Gasteiger partial charge < -0.3 is 19.3 Å². The molecule has 1 aliphatic heterocycles. The predicted octanol–water partition coefficient (Wildman–Crippen LogP) is 5.49. The molecule has 1 N–H and O–H groups in total. The van der Waals surface area contributed by atoms with E-state index in [2.05, 4.69) is 25.0 Å². The van der Waals surface area contributed by atoms with Gasteiger partial charge in [-0.15, -0.1) is 11.3 Å². The van der Waals surface area contributed by atoms with E-state index in [1.165, 1.54) is 22.2 Å². The number of hydrogen-bond acceptors (Lipinski definition) is 11. The number of nitrogens with zero attached hydrogens (tertiary/aromatic N) is 8. The van der Waals surface area contributed by atoms with Crippen molar-refractivity contribution in [1.29, 1.82) is 0 Å². The standard InChI is InChI=1S/C29H23ClN8O5S/c1-14-6-18(24-20(7-14)34-23(41-3)10-32-24)28-35-25-19(30)8-21-26(27(25)44-28)42-12-17(43-21)11-37(29(39)40)16-4-5-22(31-9-16)38-13-33-15(2)36-38/h4-10,13,17H,11-12H2,1-3H3,(H,39,40)/t17-/m1/s1. The molecule has 0 unspecified atom stereocenters. The first-order valence-corrected chi connectivity index (χ1v) is 14.6. The van der Waals surface area contributed by atoms with E-state index in [-0.39, 0.29) is 13.2 Å². The predicted molar refractivity (Wildman–Crippen MR) is 164 cm³/mol. The number of benzene rings is 2. The van der Waals surface area contributed by atoms with Gasteiger partial charge in [-0.1, -0.05) is 11.6 Å². The highest BCUT2D eigenvalue weighted by atomic mass is 35.5. The zero-order chi connectivity index (χ0) is 30.5. The molecule has 0 saturated heterocycles. The van der Waals surface area contributed by atoms with Crippen LogP contribution < -0.4 is 19.1 Å². The number of amides is 1. The van der Waals surface area contributed by atoms with Gasteiger partial charge in [0.05, 0.1) is 47.8 Å². The van der Waals surface area contributed by atoms with Gasteiger partial charge in [0.25, 0.3) is 0 Å². The van der Waals surface area contributed by atoms with Gasteiger partial charge in [0.15, 0.2) is 23.4 Å². The molecule has 222 valence electrons. The highest BCUT2D eigenvalue weighted by Crippen LogP contribution is 2.47. The fraction of sp³-hybridized carbons (Fsp3) is 0.207. The number of rotatable bonds is 6. The molecule has 1 atom stereocenters. The molecule has 2 aromatic carbocycles. The molecule has 0 radical (unpaired) electrons. The van der Waals surface area contributed by atoms with Crippen molar-refractivity contribution < 1.29 is 24.1 Å². The Morgan fingerprint density at radius 3 is 2.75 bits per heavy atom. The molecule has 13 nitrogen and oxygen atoms in total. The summed E-state index contributed by atoms with van der Waals surface area (Å²) < 4.78 is 19.9. The highest BCUT2D eigenvalue weighted by molar-refractivity contribution is 7.22. The minimum atomic E-state index is -1.16. The average molecular weight is 631 g/mol. The molecule has 1 aliphatic rings. The van der Waals surface area contributed by atoms with Gasteiger partial charge in [-0.05, 0) is 43.7 Å². The number of methoxy groups -OCH3 is 1. The number of hydrogen-bond donors (Lipinski definition) is 1. The third kappa shape index (κ3) is 4.97. The number of aromatic nitrogens is 7. The Balaban J connectivity index is 1.17. The molecule has 0 aliphatic carbocycles. The largest absolute Gasteiger partial charge is 0.484 e. The van der Waals surface area contributed by atoms with Crippen LogP contribution in [-0.2, 0) is 0 Å². The van der Waals surface area contributed by atoms with Gasteiger partial charge in [-0.25, -0.2) is 34.4 Å². The van der Waals surface area contributed by atoms with Crippen LogP contribution in [-0.4, -0.2) is 72.3 Å². The Morgan fingerprint density at radius 1 is 1.16 bits per heavy atom. The van der Waals surface area contributed by atoms with Crippen LogP contribution in [0.4, 0.5) is 10.5 Å². The third-order valence-corrected chi connectivity index (χ3v) is 8.33. The molecule has 44 heavy (non-hydrogen) atoms. The fourth-order valence-electron chi connectivity index (χ4n) is 4.95. The number of carboxylic acid groups (broad SMARTS) is 1. The van der Waals surface area contributed by atoms with Crippen molar-refractivity contribution in [2.75, 3.05) is 25.2 Å². The summed E-state index contributed by atoms with van der Waals surface area (Å²) in [5.41, 5.74) is 4.13. The maximum absolute atomic E-state index is 12.2. The smallest absolute Gasteiger partial charge is 0.411 e. The lowest BCUT2D eigenvalue weighted by molar-refractivity contribution is 0.0962. The van der Waals surface area contributed by atoms with Crippen LogP contribution in [0.5, 0.6) is 17.4 Å². The molecule has 6 aromatic rings. The maximum atomic E-state index is 12.2. The lowest BCUT2D eigenvalue weighted by Crippen LogP contribution is -2.43. The van der Waals surface area contributed by atoms with Crippen LogP contribution in [0, 0.1) is 13.8 Å². The van der Waals surface area contributed by atoms with Crippen molar-refractivity contribution in [1.82, 2.24) is 34.7 Å². The number of thiazole rings is 1. The van der Waals surface area contributed by atoms with Crippen LogP contribution in [0.25, 0.3) is 37.6 Å². The number of carbonyl (C=O) groups is 1. The molecule has 0 fully saturated rings. The van der Waals surface area contributed by atoms with Crippen molar-refractivity contribution in [2.24, 2.45) is 0 Å². The summed E-state index contributed by atoms with van der Waals surface area (Å²) in [6.07, 6.45) is 2.82. The Kier molecular flexibility index (Phi) is 6.86. The molecule has 4 aromatic heterocycles. The van der Waals surface area contributed by atoms with Crippen molar-refractivity contribution in [2.45, 2.75) is 20.0 Å². The molecule has 0 bridgehead atoms. The number of aryl methyl sites for hydroxylation is 2. The number of pyridine rings is 1. The monoisotopic (exact) mass is 630 g/mol. The summed E-state index contributed by atoms with van der Waals surface area (Å²) in [6, 6.07) is 8.92. The topological polar surface area (TPSA) is 150 Å². The van der Waals surface area contributed by atoms with E-state index < -0.39 is 12.2 Å². The first-order chi connectivity index (χ1) is 21.3. The second-order valence-electron chi connectivity index (χ2n) is 10.0. The van der Waals surface area contributed by atoms with Gasteiger partial charge in [-0.3, -0.25) is 4.90 Å². The van der Waals surface area contributed by atoms with Crippen molar-refractivity contribution >= 4 is 56.0 Å². The van der Waals surface area contributed by atoms with E-state index >= 15 is 0 Å². The van der Waals surface area contributed by atoms with Crippen LogP contribution in [0.1, 0.15) is 11.4 Å². The number of anilines is 1. The van der Waals surface area contributed by atoms with E-state index in [1.807, 2.05) is 19.1 Å². The Hall–Kier alpha value is -5.08. The van der Waals surface area contributed by atoms with E-state index in [4.69, 9.17) is 30.8 Å². The van der Waals surface area contributed by atoms with E-state index in [1.54, 1.807) is 44.8 Å². The molecule has 7 rings (SSSR count). The van der Waals surface area contributed by atoms with Crippen molar-refractivity contribution in [3.05, 3.63) is 65.5 Å². The number of ether oxygens (including phenoxy) is 3. The van der Waals surface area contributed by atoms with Gasteiger partial charge in [-0.2, -0.15) is 5.10 Å². The van der Waals surface area contributed by atoms with E-state index in [9.17, 15) is 9.90 Å². The quantitative estimate of drug-likeness (QED) is 0.249. The SMILES string of the molecule is COc1cnc2c(-c3nc4c(Cl)cc5c(c4s3)OC[C@@H](CN(C(=O)O)c3ccc(-n4cnc(C)n4)nc3)O5)cc(C)cc2n1. The Morgan fingerprint density at radius 2 is 2.02 bits per heavy atom. The van der Waals surface area contributed by atoms with Crippen molar-refractivity contribution in [3.63, 3.8) is 0 Å².